The maximum absolute atomic E-state index is 13.2. The average Bonchev–Trinajstić information content (AvgIpc) is 3.60. The second-order valence-electron chi connectivity index (χ2n) is 11.1. The van der Waals surface area contributed by atoms with E-state index in [1.165, 1.54) is 25.9 Å². The number of ether oxygens (including phenoxy) is 1. The van der Waals surface area contributed by atoms with Crippen LogP contribution in [0, 0.1) is 11.3 Å². The summed E-state index contributed by atoms with van der Waals surface area (Å²) in [5.41, 5.74) is 12.2. The molecular weight excluding hydrogens is 522 g/mol. The molecule has 3 heterocycles. The molecule has 0 radical (unpaired) electrons. The van der Waals surface area contributed by atoms with Crippen molar-refractivity contribution in [1.82, 2.24) is 14.8 Å². The number of nitriles is 1. The fourth-order valence-corrected chi connectivity index (χ4v) is 6.03. The van der Waals surface area contributed by atoms with E-state index < -0.39 is 0 Å². The Bertz CT molecular complexity index is 1580. The molecule has 0 aliphatic carbocycles. The number of aromatic nitrogens is 1. The highest BCUT2D eigenvalue weighted by atomic mass is 16.5. The summed E-state index contributed by atoms with van der Waals surface area (Å²) in [7, 11) is 0. The zero-order chi connectivity index (χ0) is 28.9. The fraction of sp³-hybridized carbons (Fsp3) is 0.286. The van der Waals surface area contributed by atoms with Gasteiger partial charge in [0.1, 0.15) is 6.61 Å². The molecule has 3 aromatic carbocycles. The number of amides is 1. The highest BCUT2D eigenvalue weighted by Gasteiger charge is 2.28. The van der Waals surface area contributed by atoms with E-state index in [4.69, 9.17) is 10.5 Å². The van der Waals surface area contributed by atoms with E-state index in [0.717, 1.165) is 53.7 Å². The van der Waals surface area contributed by atoms with Crippen molar-refractivity contribution in [3.05, 3.63) is 102 Å². The van der Waals surface area contributed by atoms with E-state index in [1.807, 2.05) is 83.8 Å². The van der Waals surface area contributed by atoms with Crippen LogP contribution in [0.2, 0.25) is 0 Å². The molecule has 6 rings (SSSR count). The lowest BCUT2D eigenvalue weighted by atomic mass is 9.99. The van der Waals surface area contributed by atoms with Crippen LogP contribution in [-0.4, -0.2) is 52.9 Å². The number of carbonyl (C=O) groups is 1. The number of nitrogens with two attached hydrogens (primary N) is 1. The summed E-state index contributed by atoms with van der Waals surface area (Å²) in [4.78, 5) is 22.1. The minimum atomic E-state index is 0.100. The van der Waals surface area contributed by atoms with Crippen LogP contribution in [0.5, 0.6) is 5.75 Å². The molecule has 4 aromatic rings. The van der Waals surface area contributed by atoms with Gasteiger partial charge in [0.25, 0.3) is 5.91 Å². The Morgan fingerprint density at radius 2 is 1.60 bits per heavy atom. The largest absolute Gasteiger partial charge is 0.485 e. The van der Waals surface area contributed by atoms with Crippen molar-refractivity contribution in [2.24, 2.45) is 0 Å². The Morgan fingerprint density at radius 1 is 0.905 bits per heavy atom. The van der Waals surface area contributed by atoms with Crippen LogP contribution < -0.4 is 10.5 Å². The van der Waals surface area contributed by atoms with Gasteiger partial charge < -0.3 is 20.3 Å². The van der Waals surface area contributed by atoms with Crippen molar-refractivity contribution >= 4 is 11.7 Å². The molecule has 0 unspecified atom stereocenters. The minimum Gasteiger partial charge on any atom is -0.485 e. The molecular formula is C35H35N5O2. The molecule has 2 saturated heterocycles. The Kier molecular flexibility index (Phi) is 8.16. The Hall–Kier alpha value is -4.67. The first-order valence-corrected chi connectivity index (χ1v) is 14.7. The Morgan fingerprint density at radius 3 is 2.31 bits per heavy atom. The molecule has 1 amide bonds. The van der Waals surface area contributed by atoms with Gasteiger partial charge in [-0.2, -0.15) is 5.26 Å². The van der Waals surface area contributed by atoms with Crippen molar-refractivity contribution in [1.29, 1.82) is 5.26 Å². The summed E-state index contributed by atoms with van der Waals surface area (Å²) in [6, 6.07) is 28.0. The number of anilines is 1. The van der Waals surface area contributed by atoms with Crippen molar-refractivity contribution in [2.75, 3.05) is 31.9 Å². The van der Waals surface area contributed by atoms with Gasteiger partial charge in [0.15, 0.2) is 11.6 Å². The smallest absolute Gasteiger partial charge is 0.253 e. The van der Waals surface area contributed by atoms with Crippen molar-refractivity contribution in [3.63, 3.8) is 0 Å². The fourth-order valence-electron chi connectivity index (χ4n) is 6.03. The van der Waals surface area contributed by atoms with Crippen LogP contribution in [0.1, 0.15) is 47.2 Å². The van der Waals surface area contributed by atoms with Gasteiger partial charge in [-0.05, 0) is 85.3 Å². The molecule has 42 heavy (non-hydrogen) atoms. The van der Waals surface area contributed by atoms with Gasteiger partial charge in [0.2, 0.25) is 0 Å². The Balaban J connectivity index is 1.08. The van der Waals surface area contributed by atoms with E-state index in [9.17, 15) is 10.1 Å². The number of piperidine rings is 1. The number of hydrogen-bond donors (Lipinski definition) is 1. The summed E-state index contributed by atoms with van der Waals surface area (Å²) >= 11 is 0. The van der Waals surface area contributed by atoms with Gasteiger partial charge in [-0.1, -0.05) is 54.6 Å². The molecule has 7 heteroatoms. The molecule has 2 aliphatic heterocycles. The van der Waals surface area contributed by atoms with Crippen LogP contribution in [0.25, 0.3) is 22.3 Å². The summed E-state index contributed by atoms with van der Waals surface area (Å²) in [5.74, 6) is 0.929. The van der Waals surface area contributed by atoms with Gasteiger partial charge >= 0.3 is 0 Å². The zero-order valence-corrected chi connectivity index (χ0v) is 23.7. The van der Waals surface area contributed by atoms with Gasteiger partial charge in [0, 0.05) is 36.5 Å². The number of nitrogens with zero attached hydrogens (tertiary/aromatic N) is 4. The maximum atomic E-state index is 13.2. The van der Waals surface area contributed by atoms with Crippen LogP contribution >= 0.6 is 0 Å². The van der Waals surface area contributed by atoms with Gasteiger partial charge in [-0.25, -0.2) is 4.98 Å². The average molecular weight is 558 g/mol. The first-order chi connectivity index (χ1) is 20.6. The zero-order valence-electron chi connectivity index (χ0n) is 23.7. The number of benzene rings is 3. The topological polar surface area (TPSA) is 95.5 Å². The van der Waals surface area contributed by atoms with E-state index in [-0.39, 0.29) is 5.91 Å². The minimum absolute atomic E-state index is 0.100. The number of rotatable bonds is 7. The second kappa shape index (κ2) is 12.5. The van der Waals surface area contributed by atoms with Crippen molar-refractivity contribution in [3.8, 4) is 34.1 Å². The third kappa shape index (κ3) is 6.00. The van der Waals surface area contributed by atoms with Crippen LogP contribution in [-0.2, 0) is 6.61 Å². The first-order valence-electron chi connectivity index (χ1n) is 14.7. The summed E-state index contributed by atoms with van der Waals surface area (Å²) in [5, 5.41) is 9.40. The summed E-state index contributed by atoms with van der Waals surface area (Å²) in [6.07, 6.45) is 6.45. The predicted octanol–water partition coefficient (Wildman–Crippen LogP) is 6.15. The molecule has 0 spiro atoms. The predicted molar refractivity (Wildman–Crippen MR) is 165 cm³/mol. The number of pyridine rings is 1. The summed E-state index contributed by atoms with van der Waals surface area (Å²) in [6.45, 7) is 4.39. The molecule has 2 aliphatic rings. The van der Waals surface area contributed by atoms with Gasteiger partial charge in [0.05, 0.1) is 11.6 Å². The highest BCUT2D eigenvalue weighted by Crippen LogP contribution is 2.29. The SMILES string of the molecule is N#Cc1ccccc1-c1ccc(COc2cc(-c3ccc(C(=O)N4CCC(N5CCCC5)CC4)cc3)cnc2N)cc1. The number of likely N-dealkylation sites (tertiary alicyclic amines) is 2. The van der Waals surface area contributed by atoms with Crippen LogP contribution in [0.4, 0.5) is 5.82 Å². The van der Waals surface area contributed by atoms with Crippen LogP contribution in [0.3, 0.4) is 0 Å². The molecule has 0 bridgehead atoms. The third-order valence-corrected chi connectivity index (χ3v) is 8.46. The molecule has 0 atom stereocenters. The molecule has 7 nitrogen and oxygen atoms in total. The van der Waals surface area contributed by atoms with Gasteiger partial charge in [-0.15, -0.1) is 0 Å². The van der Waals surface area contributed by atoms with E-state index in [2.05, 4.69) is 16.0 Å². The van der Waals surface area contributed by atoms with E-state index >= 15 is 0 Å². The number of hydrogen-bond acceptors (Lipinski definition) is 6. The van der Waals surface area contributed by atoms with Crippen LogP contribution in [0.15, 0.2) is 85.1 Å². The normalized spacial score (nSPS) is 15.8. The lowest BCUT2D eigenvalue weighted by Gasteiger charge is -2.36. The van der Waals surface area contributed by atoms with E-state index in [0.29, 0.717) is 35.3 Å². The number of carbonyl (C=O) groups excluding carboxylic acids is 1. The monoisotopic (exact) mass is 557 g/mol. The molecule has 212 valence electrons. The van der Waals surface area contributed by atoms with Gasteiger partial charge in [-0.3, -0.25) is 4.79 Å². The molecule has 1 aromatic heterocycles. The molecule has 2 N–H and O–H groups in total. The maximum Gasteiger partial charge on any atom is 0.253 e. The quantitative estimate of drug-likeness (QED) is 0.293. The lowest BCUT2D eigenvalue weighted by Crippen LogP contribution is -2.45. The lowest BCUT2D eigenvalue weighted by molar-refractivity contribution is 0.0644. The summed E-state index contributed by atoms with van der Waals surface area (Å²) < 4.78 is 6.06. The standard InChI is InChI=1S/C35H35N5O2/c36-22-29-5-1-2-6-32(29)27-9-7-25(8-10-27)24-42-33-21-30(23-38-34(33)37)26-11-13-28(14-12-26)35(41)40-19-15-31(16-20-40)39-17-3-4-18-39/h1-2,5-14,21,23,31H,3-4,15-20,24H2,(H2,37,38). The molecule has 0 saturated carbocycles. The van der Waals surface area contributed by atoms with E-state index in [1.54, 1.807) is 6.20 Å². The van der Waals surface area contributed by atoms with Crippen molar-refractivity contribution < 1.29 is 9.53 Å². The molecule has 2 fully saturated rings. The Labute approximate surface area is 247 Å². The first kappa shape index (κ1) is 27.5. The highest BCUT2D eigenvalue weighted by molar-refractivity contribution is 5.94. The third-order valence-electron chi connectivity index (χ3n) is 8.46. The second-order valence-corrected chi connectivity index (χ2v) is 11.1. The van der Waals surface area contributed by atoms with Crippen molar-refractivity contribution in [2.45, 2.75) is 38.3 Å². The number of nitrogen functional groups attached to an aromatic ring is 1.